The minimum absolute atomic E-state index is 0.105. The second-order valence-corrected chi connectivity index (χ2v) is 6.19. The van der Waals surface area contributed by atoms with E-state index in [0.717, 1.165) is 6.07 Å². The van der Waals surface area contributed by atoms with Crippen LogP contribution in [0, 0.1) is 0 Å². The third-order valence-electron chi connectivity index (χ3n) is 2.82. The molecular formula is C13H19NO6S. The van der Waals surface area contributed by atoms with Crippen LogP contribution in [-0.2, 0) is 14.8 Å². The average molecular weight is 317 g/mol. The molecule has 1 aromatic rings. The SMILES string of the molecule is COCCC(C)NS(=O)(=O)c1ccc(OC)c(C(=O)O)c1. The quantitative estimate of drug-likeness (QED) is 0.744. The fourth-order valence-corrected chi connectivity index (χ4v) is 3.01. The van der Waals surface area contributed by atoms with Gasteiger partial charge < -0.3 is 14.6 Å². The van der Waals surface area contributed by atoms with Crippen molar-refractivity contribution >= 4 is 16.0 Å². The predicted octanol–water partition coefficient (Wildman–Crippen LogP) is 1.10. The average Bonchev–Trinajstić information content (AvgIpc) is 2.43. The second kappa shape index (κ2) is 7.39. The molecule has 1 unspecified atom stereocenters. The summed E-state index contributed by atoms with van der Waals surface area (Å²) in [7, 11) is -0.943. The fraction of sp³-hybridized carbons (Fsp3) is 0.462. The van der Waals surface area contributed by atoms with Gasteiger partial charge in [-0.05, 0) is 31.5 Å². The molecule has 0 fully saturated rings. The molecule has 0 bridgehead atoms. The van der Waals surface area contributed by atoms with Gasteiger partial charge in [-0.1, -0.05) is 0 Å². The van der Waals surface area contributed by atoms with E-state index < -0.39 is 16.0 Å². The van der Waals surface area contributed by atoms with Gasteiger partial charge in [-0.25, -0.2) is 17.9 Å². The van der Waals surface area contributed by atoms with Gasteiger partial charge in [0, 0.05) is 19.8 Å². The summed E-state index contributed by atoms with van der Waals surface area (Å²) in [4.78, 5) is 11.0. The first-order valence-corrected chi connectivity index (χ1v) is 7.72. The monoisotopic (exact) mass is 317 g/mol. The summed E-state index contributed by atoms with van der Waals surface area (Å²) in [5.74, 6) is -1.15. The molecule has 0 heterocycles. The van der Waals surface area contributed by atoms with Crippen LogP contribution in [0.2, 0.25) is 0 Å². The normalized spacial score (nSPS) is 12.9. The minimum atomic E-state index is -3.80. The van der Waals surface area contributed by atoms with Crippen LogP contribution in [0.15, 0.2) is 23.1 Å². The predicted molar refractivity (Wildman–Crippen MR) is 76.2 cm³/mol. The number of hydrogen-bond donors (Lipinski definition) is 2. The Kier molecular flexibility index (Phi) is 6.13. The zero-order chi connectivity index (χ0) is 16.0. The van der Waals surface area contributed by atoms with Crippen LogP contribution < -0.4 is 9.46 Å². The molecule has 0 aliphatic rings. The lowest BCUT2D eigenvalue weighted by molar-refractivity contribution is 0.0693. The van der Waals surface area contributed by atoms with Gasteiger partial charge in [0.25, 0.3) is 0 Å². The van der Waals surface area contributed by atoms with Crippen molar-refractivity contribution in [2.24, 2.45) is 0 Å². The number of sulfonamides is 1. The number of rotatable bonds is 8. The van der Waals surface area contributed by atoms with Crippen LogP contribution in [0.4, 0.5) is 0 Å². The van der Waals surface area contributed by atoms with Gasteiger partial charge in [0.1, 0.15) is 11.3 Å². The Hall–Kier alpha value is -1.64. The zero-order valence-electron chi connectivity index (χ0n) is 12.1. The Balaban J connectivity index is 3.03. The molecule has 0 aliphatic carbocycles. The van der Waals surface area contributed by atoms with Gasteiger partial charge in [-0.15, -0.1) is 0 Å². The summed E-state index contributed by atoms with van der Waals surface area (Å²) < 4.78 is 36.6. The summed E-state index contributed by atoms with van der Waals surface area (Å²) >= 11 is 0. The molecule has 0 aliphatic heterocycles. The van der Waals surface area contributed by atoms with E-state index in [1.54, 1.807) is 6.92 Å². The van der Waals surface area contributed by atoms with E-state index in [0.29, 0.717) is 13.0 Å². The topological polar surface area (TPSA) is 102 Å². The summed E-state index contributed by atoms with van der Waals surface area (Å²) in [6, 6.07) is 3.37. The van der Waals surface area contributed by atoms with Gasteiger partial charge in [0.2, 0.25) is 10.0 Å². The summed E-state index contributed by atoms with van der Waals surface area (Å²) in [5.41, 5.74) is -0.204. The Morgan fingerprint density at radius 3 is 2.57 bits per heavy atom. The maximum atomic E-state index is 12.2. The Labute approximate surface area is 123 Å². The van der Waals surface area contributed by atoms with Crippen LogP contribution in [0.3, 0.4) is 0 Å². The Morgan fingerprint density at radius 1 is 1.38 bits per heavy atom. The highest BCUT2D eigenvalue weighted by Crippen LogP contribution is 2.22. The van der Waals surface area contributed by atoms with Gasteiger partial charge in [-0.3, -0.25) is 0 Å². The van der Waals surface area contributed by atoms with Crippen molar-refractivity contribution in [3.8, 4) is 5.75 Å². The molecule has 1 aromatic carbocycles. The minimum Gasteiger partial charge on any atom is -0.496 e. The van der Waals surface area contributed by atoms with Crippen LogP contribution in [-0.4, -0.2) is 46.4 Å². The van der Waals surface area contributed by atoms with E-state index in [-0.39, 0.29) is 22.3 Å². The third-order valence-corrected chi connectivity index (χ3v) is 4.41. The van der Waals surface area contributed by atoms with E-state index in [1.165, 1.54) is 26.4 Å². The molecule has 7 nitrogen and oxygen atoms in total. The van der Waals surface area contributed by atoms with Crippen molar-refractivity contribution in [1.29, 1.82) is 0 Å². The van der Waals surface area contributed by atoms with Crippen molar-refractivity contribution in [2.75, 3.05) is 20.8 Å². The van der Waals surface area contributed by atoms with E-state index in [9.17, 15) is 13.2 Å². The number of carboxylic acid groups (broad SMARTS) is 1. The highest BCUT2D eigenvalue weighted by Gasteiger charge is 2.21. The van der Waals surface area contributed by atoms with Gasteiger partial charge in [-0.2, -0.15) is 0 Å². The molecule has 0 radical (unpaired) electrons. The summed E-state index contributed by atoms with van der Waals surface area (Å²) in [5, 5.41) is 9.07. The Bertz CT molecular complexity index is 599. The van der Waals surface area contributed by atoms with Gasteiger partial charge >= 0.3 is 5.97 Å². The number of aromatic carboxylic acids is 1. The summed E-state index contributed by atoms with van der Waals surface area (Å²) in [6.45, 7) is 2.13. The van der Waals surface area contributed by atoms with Gasteiger partial charge in [0.05, 0.1) is 12.0 Å². The maximum Gasteiger partial charge on any atom is 0.339 e. The van der Waals surface area contributed by atoms with E-state index >= 15 is 0 Å². The molecule has 8 heteroatoms. The summed E-state index contributed by atoms with van der Waals surface area (Å²) in [6.07, 6.45) is 0.512. The number of ether oxygens (including phenoxy) is 2. The largest absolute Gasteiger partial charge is 0.496 e. The number of hydrogen-bond acceptors (Lipinski definition) is 5. The van der Waals surface area contributed by atoms with Crippen molar-refractivity contribution in [3.63, 3.8) is 0 Å². The highest BCUT2D eigenvalue weighted by molar-refractivity contribution is 7.89. The molecule has 0 aromatic heterocycles. The molecule has 0 saturated heterocycles. The number of nitrogens with one attached hydrogen (secondary N) is 1. The molecule has 0 saturated carbocycles. The zero-order valence-corrected chi connectivity index (χ0v) is 12.9. The number of benzene rings is 1. The maximum absolute atomic E-state index is 12.2. The lowest BCUT2D eigenvalue weighted by Crippen LogP contribution is -2.33. The van der Waals surface area contributed by atoms with Crippen LogP contribution in [0.25, 0.3) is 0 Å². The molecule has 2 N–H and O–H groups in total. The molecular weight excluding hydrogens is 298 g/mol. The highest BCUT2D eigenvalue weighted by atomic mass is 32.2. The number of methoxy groups -OCH3 is 2. The first kappa shape index (κ1) is 17.4. The second-order valence-electron chi connectivity index (χ2n) is 4.47. The lowest BCUT2D eigenvalue weighted by atomic mass is 10.2. The molecule has 1 atom stereocenters. The third kappa shape index (κ3) is 4.69. The smallest absolute Gasteiger partial charge is 0.339 e. The molecule has 1 rings (SSSR count). The van der Waals surface area contributed by atoms with Crippen LogP contribution >= 0.6 is 0 Å². The fourth-order valence-electron chi connectivity index (χ4n) is 1.71. The number of carbonyl (C=O) groups is 1. The lowest BCUT2D eigenvalue weighted by Gasteiger charge is -2.14. The molecule has 118 valence electrons. The Morgan fingerprint density at radius 2 is 2.05 bits per heavy atom. The number of carboxylic acids is 1. The standard InChI is InChI=1S/C13H19NO6S/c1-9(6-7-19-2)14-21(17,18)10-4-5-12(20-3)11(8-10)13(15)16/h4-5,8-9,14H,6-7H2,1-3H3,(H,15,16). The van der Waals surface area contributed by atoms with Crippen LogP contribution in [0.1, 0.15) is 23.7 Å². The van der Waals surface area contributed by atoms with Gasteiger partial charge in [0.15, 0.2) is 0 Å². The van der Waals surface area contributed by atoms with E-state index in [4.69, 9.17) is 14.6 Å². The van der Waals surface area contributed by atoms with Crippen molar-refractivity contribution in [2.45, 2.75) is 24.3 Å². The van der Waals surface area contributed by atoms with Crippen molar-refractivity contribution in [1.82, 2.24) is 4.72 Å². The van der Waals surface area contributed by atoms with E-state index in [2.05, 4.69) is 4.72 Å². The first-order chi connectivity index (χ1) is 9.81. The molecule has 0 amide bonds. The molecule has 0 spiro atoms. The van der Waals surface area contributed by atoms with Crippen molar-refractivity contribution in [3.05, 3.63) is 23.8 Å². The van der Waals surface area contributed by atoms with Crippen molar-refractivity contribution < 1.29 is 27.8 Å². The first-order valence-electron chi connectivity index (χ1n) is 6.24. The molecule has 21 heavy (non-hydrogen) atoms. The van der Waals surface area contributed by atoms with E-state index in [1.807, 2.05) is 0 Å². The van der Waals surface area contributed by atoms with Crippen LogP contribution in [0.5, 0.6) is 5.75 Å².